The fraction of sp³-hybridized carbons (Fsp3) is 0.438. The number of rotatable bonds is 4. The summed E-state index contributed by atoms with van der Waals surface area (Å²) in [4.78, 5) is 6.42. The van der Waals surface area contributed by atoms with Crippen LogP contribution in [-0.4, -0.2) is 43.8 Å². The lowest BCUT2D eigenvalue weighted by atomic mass is 9.96. The number of hydrogen-bond donors (Lipinski definition) is 1. The summed E-state index contributed by atoms with van der Waals surface area (Å²) in [6.07, 6.45) is 3.58. The van der Waals surface area contributed by atoms with Gasteiger partial charge >= 0.3 is 0 Å². The second kappa shape index (κ2) is 5.53. The minimum atomic E-state index is 0.399. The van der Waals surface area contributed by atoms with E-state index in [1.54, 1.807) is 6.33 Å². The number of pyridine rings is 1. The predicted molar refractivity (Wildman–Crippen MR) is 86.8 cm³/mol. The standard InChI is InChI=1S/C16H22N6/c1-10(2)14-13(8-21(4)5)19-20-15(14)12-6-11(3)16-17-9-18-22(16)7-12/h6-7,9-10H,8H2,1-5H3,(H,19,20). The Hall–Kier alpha value is -2.21. The second-order valence-electron chi connectivity index (χ2n) is 6.30. The largest absolute Gasteiger partial charge is 0.304 e. The molecule has 116 valence electrons. The molecule has 3 aromatic rings. The first-order valence-electron chi connectivity index (χ1n) is 7.49. The molecule has 22 heavy (non-hydrogen) atoms. The van der Waals surface area contributed by atoms with Crippen LogP contribution in [-0.2, 0) is 6.54 Å². The van der Waals surface area contributed by atoms with Crippen LogP contribution in [0.25, 0.3) is 16.9 Å². The van der Waals surface area contributed by atoms with Gasteiger partial charge in [-0.25, -0.2) is 9.50 Å². The molecule has 0 saturated heterocycles. The molecule has 0 spiro atoms. The Balaban J connectivity index is 2.15. The van der Waals surface area contributed by atoms with Crippen LogP contribution in [0.1, 0.15) is 36.6 Å². The first-order valence-corrected chi connectivity index (χ1v) is 7.49. The summed E-state index contributed by atoms with van der Waals surface area (Å²) >= 11 is 0. The summed E-state index contributed by atoms with van der Waals surface area (Å²) in [6.45, 7) is 7.31. The van der Waals surface area contributed by atoms with Crippen molar-refractivity contribution < 1.29 is 0 Å². The summed E-state index contributed by atoms with van der Waals surface area (Å²) in [5.41, 5.74) is 6.51. The van der Waals surface area contributed by atoms with Gasteiger partial charge in [-0.15, -0.1) is 0 Å². The van der Waals surface area contributed by atoms with Crippen molar-refractivity contribution in [3.63, 3.8) is 0 Å². The molecule has 0 radical (unpaired) electrons. The molecule has 0 aliphatic carbocycles. The molecule has 0 unspecified atom stereocenters. The summed E-state index contributed by atoms with van der Waals surface area (Å²) in [5, 5.41) is 12.0. The normalized spacial score (nSPS) is 12.0. The Labute approximate surface area is 130 Å². The summed E-state index contributed by atoms with van der Waals surface area (Å²) in [6, 6.07) is 2.13. The number of nitrogens with zero attached hydrogens (tertiary/aromatic N) is 5. The van der Waals surface area contributed by atoms with Gasteiger partial charge in [-0.3, -0.25) is 5.10 Å². The number of fused-ring (bicyclic) bond motifs is 1. The minimum absolute atomic E-state index is 0.399. The number of aromatic amines is 1. The van der Waals surface area contributed by atoms with Gasteiger partial charge in [0.25, 0.3) is 0 Å². The quantitative estimate of drug-likeness (QED) is 0.804. The molecule has 6 nitrogen and oxygen atoms in total. The first-order chi connectivity index (χ1) is 10.5. The van der Waals surface area contributed by atoms with E-state index in [0.29, 0.717) is 5.92 Å². The van der Waals surface area contributed by atoms with Crippen molar-refractivity contribution in [3.8, 4) is 11.3 Å². The zero-order valence-electron chi connectivity index (χ0n) is 13.8. The zero-order valence-corrected chi connectivity index (χ0v) is 13.8. The molecule has 0 saturated carbocycles. The van der Waals surface area contributed by atoms with Gasteiger partial charge in [0.2, 0.25) is 0 Å². The lowest BCUT2D eigenvalue weighted by Gasteiger charge is -2.13. The first kappa shape index (κ1) is 14.7. The molecule has 3 aromatic heterocycles. The van der Waals surface area contributed by atoms with Gasteiger partial charge in [-0.2, -0.15) is 10.2 Å². The summed E-state index contributed by atoms with van der Waals surface area (Å²) in [7, 11) is 4.13. The Kier molecular flexibility index (Phi) is 3.70. The Morgan fingerprint density at radius 1 is 1.32 bits per heavy atom. The molecular weight excluding hydrogens is 276 g/mol. The van der Waals surface area contributed by atoms with E-state index in [-0.39, 0.29) is 0 Å². The molecule has 0 amide bonds. The van der Waals surface area contributed by atoms with Crippen molar-refractivity contribution >= 4 is 5.65 Å². The van der Waals surface area contributed by atoms with Gasteiger partial charge in [0.05, 0.1) is 11.4 Å². The van der Waals surface area contributed by atoms with Crippen LogP contribution in [0.2, 0.25) is 0 Å². The topological polar surface area (TPSA) is 62.1 Å². The molecule has 0 atom stereocenters. The van der Waals surface area contributed by atoms with E-state index in [2.05, 4.69) is 66.1 Å². The van der Waals surface area contributed by atoms with Gasteiger partial charge in [-0.1, -0.05) is 13.8 Å². The van der Waals surface area contributed by atoms with Crippen LogP contribution < -0.4 is 0 Å². The number of aromatic nitrogens is 5. The maximum atomic E-state index is 4.58. The fourth-order valence-electron chi connectivity index (χ4n) is 2.89. The highest BCUT2D eigenvalue weighted by Gasteiger charge is 2.19. The Morgan fingerprint density at radius 3 is 2.77 bits per heavy atom. The van der Waals surface area contributed by atoms with Crippen molar-refractivity contribution in [1.29, 1.82) is 0 Å². The van der Waals surface area contributed by atoms with Crippen LogP contribution >= 0.6 is 0 Å². The lowest BCUT2D eigenvalue weighted by molar-refractivity contribution is 0.394. The average molecular weight is 298 g/mol. The smallest absolute Gasteiger partial charge is 0.158 e. The van der Waals surface area contributed by atoms with E-state index >= 15 is 0 Å². The highest BCUT2D eigenvalue weighted by atomic mass is 15.3. The Bertz CT molecular complexity index is 796. The highest BCUT2D eigenvalue weighted by molar-refractivity contribution is 5.67. The molecule has 1 N–H and O–H groups in total. The van der Waals surface area contributed by atoms with E-state index in [4.69, 9.17) is 0 Å². The molecule has 0 aromatic carbocycles. The van der Waals surface area contributed by atoms with Crippen LogP contribution in [0.4, 0.5) is 0 Å². The third kappa shape index (κ3) is 2.50. The maximum Gasteiger partial charge on any atom is 0.158 e. The molecule has 0 aliphatic rings. The predicted octanol–water partition coefficient (Wildman–Crippen LogP) is 2.61. The van der Waals surface area contributed by atoms with E-state index in [9.17, 15) is 0 Å². The Morgan fingerprint density at radius 2 is 2.09 bits per heavy atom. The molecule has 3 rings (SSSR count). The molecule has 0 bridgehead atoms. The number of aryl methyl sites for hydroxylation is 1. The van der Waals surface area contributed by atoms with E-state index in [0.717, 1.165) is 29.0 Å². The number of H-pyrrole nitrogens is 1. The van der Waals surface area contributed by atoms with Gasteiger partial charge in [0, 0.05) is 23.9 Å². The maximum absolute atomic E-state index is 4.58. The lowest BCUT2D eigenvalue weighted by Crippen LogP contribution is -2.12. The third-order valence-corrected chi connectivity index (χ3v) is 3.77. The van der Waals surface area contributed by atoms with Crippen LogP contribution in [0.5, 0.6) is 0 Å². The van der Waals surface area contributed by atoms with Gasteiger partial charge in [0.1, 0.15) is 6.33 Å². The van der Waals surface area contributed by atoms with Gasteiger partial charge in [0.15, 0.2) is 5.65 Å². The summed E-state index contributed by atoms with van der Waals surface area (Å²) < 4.78 is 1.81. The van der Waals surface area contributed by atoms with Crippen molar-refractivity contribution in [2.75, 3.05) is 14.1 Å². The monoisotopic (exact) mass is 298 g/mol. The minimum Gasteiger partial charge on any atom is -0.304 e. The van der Waals surface area contributed by atoms with E-state index < -0.39 is 0 Å². The van der Waals surface area contributed by atoms with Crippen LogP contribution in [0, 0.1) is 6.92 Å². The molecule has 0 aliphatic heterocycles. The van der Waals surface area contributed by atoms with Crippen molar-refractivity contribution in [3.05, 3.63) is 35.4 Å². The van der Waals surface area contributed by atoms with Crippen molar-refractivity contribution in [2.24, 2.45) is 0 Å². The van der Waals surface area contributed by atoms with Gasteiger partial charge < -0.3 is 4.90 Å². The molecular formula is C16H22N6. The summed E-state index contributed by atoms with van der Waals surface area (Å²) in [5.74, 6) is 0.399. The molecule has 3 heterocycles. The molecule has 6 heteroatoms. The van der Waals surface area contributed by atoms with E-state index in [1.165, 1.54) is 11.3 Å². The van der Waals surface area contributed by atoms with Gasteiger partial charge in [-0.05, 0) is 38.6 Å². The fourth-order valence-corrected chi connectivity index (χ4v) is 2.89. The van der Waals surface area contributed by atoms with Crippen LogP contribution in [0.15, 0.2) is 18.6 Å². The highest BCUT2D eigenvalue weighted by Crippen LogP contribution is 2.31. The van der Waals surface area contributed by atoms with Crippen molar-refractivity contribution in [1.82, 2.24) is 29.7 Å². The SMILES string of the molecule is Cc1cc(-c2n[nH]c(CN(C)C)c2C(C)C)cn2ncnc12. The average Bonchev–Trinajstić information content (AvgIpc) is 3.04. The third-order valence-electron chi connectivity index (χ3n) is 3.77. The number of hydrogen-bond acceptors (Lipinski definition) is 4. The van der Waals surface area contributed by atoms with Crippen LogP contribution in [0.3, 0.4) is 0 Å². The number of nitrogens with one attached hydrogen (secondary N) is 1. The van der Waals surface area contributed by atoms with Crippen molar-refractivity contribution in [2.45, 2.75) is 33.2 Å². The van der Waals surface area contributed by atoms with E-state index in [1.807, 2.05) is 10.7 Å². The second-order valence-corrected chi connectivity index (χ2v) is 6.30. The zero-order chi connectivity index (χ0) is 15.9. The molecule has 0 fully saturated rings.